The molecule has 1 fully saturated rings. The number of carbonyl (C=O) groups is 3. The Morgan fingerprint density at radius 1 is 1.20 bits per heavy atom. The summed E-state index contributed by atoms with van der Waals surface area (Å²) in [6.45, 7) is 8.65. The highest BCUT2D eigenvalue weighted by Crippen LogP contribution is 2.32. The van der Waals surface area contributed by atoms with Crippen LogP contribution >= 0.6 is 11.8 Å². The van der Waals surface area contributed by atoms with E-state index in [-0.39, 0.29) is 35.6 Å². The van der Waals surface area contributed by atoms with Crippen LogP contribution in [-0.2, 0) is 15.0 Å². The smallest absolute Gasteiger partial charge is 0.293 e. The van der Waals surface area contributed by atoms with E-state index in [1.807, 2.05) is 24.3 Å². The van der Waals surface area contributed by atoms with Gasteiger partial charge in [-0.2, -0.15) is 0 Å². The second-order valence-electron chi connectivity index (χ2n) is 6.91. The average molecular weight is 360 g/mol. The maximum Gasteiger partial charge on any atom is 0.293 e. The largest absolute Gasteiger partial charge is 0.354 e. The van der Waals surface area contributed by atoms with Crippen LogP contribution in [0.1, 0.15) is 45.2 Å². The molecular formula is C19H24N2O3S. The van der Waals surface area contributed by atoms with Crippen molar-refractivity contribution in [1.29, 1.82) is 0 Å². The molecule has 1 aliphatic heterocycles. The second kappa shape index (κ2) is 7.87. The van der Waals surface area contributed by atoms with E-state index in [0.717, 1.165) is 17.3 Å². The van der Waals surface area contributed by atoms with Crippen molar-refractivity contribution in [3.05, 3.63) is 40.3 Å². The Hall–Kier alpha value is -2.08. The Morgan fingerprint density at radius 2 is 1.84 bits per heavy atom. The van der Waals surface area contributed by atoms with Crippen LogP contribution in [-0.4, -0.2) is 35.0 Å². The first-order valence-corrected chi connectivity index (χ1v) is 9.16. The van der Waals surface area contributed by atoms with Crippen molar-refractivity contribution in [3.63, 3.8) is 0 Å². The summed E-state index contributed by atoms with van der Waals surface area (Å²) in [5, 5.41) is 2.37. The molecule has 0 spiro atoms. The number of thioether (sulfide) groups is 1. The van der Waals surface area contributed by atoms with Crippen molar-refractivity contribution < 1.29 is 14.4 Å². The van der Waals surface area contributed by atoms with Crippen molar-refractivity contribution in [2.24, 2.45) is 0 Å². The number of hydrogen-bond acceptors (Lipinski definition) is 4. The average Bonchev–Trinajstić information content (AvgIpc) is 2.81. The zero-order valence-corrected chi connectivity index (χ0v) is 15.9. The molecule has 1 heterocycles. The standard InChI is InChI=1S/C19H24N2O3S/c1-5-16(22)20-10-11-21-17(23)15(25-18(21)24)12-13-6-8-14(9-7-13)19(2,3)4/h6-9,12H,5,10-11H2,1-4H3,(H,20,22). The van der Waals surface area contributed by atoms with Gasteiger partial charge in [0.15, 0.2) is 0 Å². The summed E-state index contributed by atoms with van der Waals surface area (Å²) in [6, 6.07) is 7.98. The van der Waals surface area contributed by atoms with E-state index in [9.17, 15) is 14.4 Å². The molecule has 0 aliphatic carbocycles. The molecule has 1 aromatic carbocycles. The van der Waals surface area contributed by atoms with Gasteiger partial charge >= 0.3 is 0 Å². The molecule has 5 nitrogen and oxygen atoms in total. The molecule has 0 bridgehead atoms. The fourth-order valence-corrected chi connectivity index (χ4v) is 3.22. The molecule has 6 heteroatoms. The van der Waals surface area contributed by atoms with Crippen LogP contribution in [0.2, 0.25) is 0 Å². The Bertz CT molecular complexity index is 702. The fraction of sp³-hybridized carbons (Fsp3) is 0.421. The molecule has 2 rings (SSSR count). The van der Waals surface area contributed by atoms with E-state index in [0.29, 0.717) is 11.3 Å². The van der Waals surface area contributed by atoms with Gasteiger partial charge in [0.1, 0.15) is 0 Å². The summed E-state index contributed by atoms with van der Waals surface area (Å²) >= 11 is 0.937. The highest BCUT2D eigenvalue weighted by atomic mass is 32.2. The minimum absolute atomic E-state index is 0.0687. The van der Waals surface area contributed by atoms with E-state index in [2.05, 4.69) is 26.1 Å². The number of amides is 3. The summed E-state index contributed by atoms with van der Waals surface area (Å²) in [7, 11) is 0. The number of carbonyl (C=O) groups excluding carboxylic acids is 3. The Kier molecular flexibility index (Phi) is 6.06. The molecule has 0 unspecified atom stereocenters. The third-order valence-electron chi connectivity index (χ3n) is 3.93. The lowest BCUT2D eigenvalue weighted by molar-refractivity contribution is -0.124. The molecule has 1 N–H and O–H groups in total. The molecule has 1 aromatic rings. The maximum atomic E-state index is 12.4. The van der Waals surface area contributed by atoms with Crippen LogP contribution in [0.3, 0.4) is 0 Å². The Balaban J connectivity index is 2.05. The van der Waals surface area contributed by atoms with Crippen molar-refractivity contribution in [3.8, 4) is 0 Å². The third-order valence-corrected chi connectivity index (χ3v) is 4.83. The van der Waals surface area contributed by atoms with Crippen molar-refractivity contribution in [1.82, 2.24) is 10.2 Å². The molecule has 0 radical (unpaired) electrons. The molecular weight excluding hydrogens is 336 g/mol. The Labute approximate surface area is 152 Å². The molecule has 1 aliphatic rings. The van der Waals surface area contributed by atoms with Gasteiger partial charge in [-0.15, -0.1) is 0 Å². The van der Waals surface area contributed by atoms with Crippen LogP contribution in [0, 0.1) is 0 Å². The minimum Gasteiger partial charge on any atom is -0.354 e. The molecule has 3 amide bonds. The molecule has 0 aromatic heterocycles. The van der Waals surface area contributed by atoms with Crippen LogP contribution in [0.5, 0.6) is 0 Å². The van der Waals surface area contributed by atoms with Gasteiger partial charge in [-0.3, -0.25) is 19.3 Å². The molecule has 0 atom stereocenters. The summed E-state index contributed by atoms with van der Waals surface area (Å²) in [5.41, 5.74) is 2.17. The number of nitrogens with one attached hydrogen (secondary N) is 1. The van der Waals surface area contributed by atoms with E-state index in [1.165, 1.54) is 10.5 Å². The van der Waals surface area contributed by atoms with Crippen LogP contribution in [0.15, 0.2) is 29.2 Å². The van der Waals surface area contributed by atoms with E-state index >= 15 is 0 Å². The highest BCUT2D eigenvalue weighted by Gasteiger charge is 2.34. The van der Waals surface area contributed by atoms with E-state index in [1.54, 1.807) is 13.0 Å². The monoisotopic (exact) mass is 360 g/mol. The lowest BCUT2D eigenvalue weighted by atomic mass is 9.87. The van der Waals surface area contributed by atoms with Crippen molar-refractivity contribution in [2.75, 3.05) is 13.1 Å². The van der Waals surface area contributed by atoms with Crippen LogP contribution < -0.4 is 5.32 Å². The lowest BCUT2D eigenvalue weighted by Gasteiger charge is -2.18. The zero-order valence-electron chi connectivity index (χ0n) is 15.1. The predicted octanol–water partition coefficient (Wildman–Crippen LogP) is 3.55. The number of imide groups is 1. The summed E-state index contributed by atoms with van der Waals surface area (Å²) < 4.78 is 0. The SMILES string of the molecule is CCC(=O)NCCN1C(=O)SC(=Cc2ccc(C(C)(C)C)cc2)C1=O. The molecule has 0 saturated carbocycles. The van der Waals surface area contributed by atoms with Crippen LogP contribution in [0.25, 0.3) is 6.08 Å². The van der Waals surface area contributed by atoms with Gasteiger partial charge in [0.2, 0.25) is 5.91 Å². The van der Waals surface area contributed by atoms with Gasteiger partial charge in [-0.05, 0) is 34.4 Å². The lowest BCUT2D eigenvalue weighted by Crippen LogP contribution is -2.37. The first kappa shape index (κ1) is 19.2. The van der Waals surface area contributed by atoms with E-state index < -0.39 is 0 Å². The van der Waals surface area contributed by atoms with Crippen molar-refractivity contribution >= 4 is 34.9 Å². The summed E-state index contributed by atoms with van der Waals surface area (Å²) in [4.78, 5) is 37.3. The Morgan fingerprint density at radius 3 is 2.40 bits per heavy atom. The van der Waals surface area contributed by atoms with Gasteiger partial charge in [0, 0.05) is 19.5 Å². The number of hydrogen-bond donors (Lipinski definition) is 1. The molecule has 134 valence electrons. The van der Waals surface area contributed by atoms with Gasteiger partial charge in [0.25, 0.3) is 11.1 Å². The van der Waals surface area contributed by atoms with Gasteiger partial charge in [0.05, 0.1) is 4.91 Å². The number of nitrogens with zero attached hydrogens (tertiary/aromatic N) is 1. The predicted molar refractivity (Wildman–Crippen MR) is 101 cm³/mol. The quantitative estimate of drug-likeness (QED) is 0.816. The van der Waals surface area contributed by atoms with Crippen LogP contribution in [0.4, 0.5) is 4.79 Å². The topological polar surface area (TPSA) is 66.5 Å². The minimum atomic E-state index is -0.305. The third kappa shape index (κ3) is 4.95. The van der Waals surface area contributed by atoms with Gasteiger partial charge in [-0.1, -0.05) is 52.0 Å². The van der Waals surface area contributed by atoms with Gasteiger partial charge in [-0.25, -0.2) is 0 Å². The summed E-state index contributed by atoms with van der Waals surface area (Å²) in [6.07, 6.45) is 2.12. The van der Waals surface area contributed by atoms with Gasteiger partial charge < -0.3 is 5.32 Å². The van der Waals surface area contributed by atoms with E-state index in [4.69, 9.17) is 0 Å². The fourth-order valence-electron chi connectivity index (χ4n) is 2.36. The highest BCUT2D eigenvalue weighted by molar-refractivity contribution is 8.18. The van der Waals surface area contributed by atoms with Crippen molar-refractivity contribution in [2.45, 2.75) is 39.5 Å². The molecule has 1 saturated heterocycles. The first-order chi connectivity index (χ1) is 11.7. The number of benzene rings is 1. The second-order valence-corrected chi connectivity index (χ2v) is 7.90. The normalized spacial score (nSPS) is 16.6. The first-order valence-electron chi connectivity index (χ1n) is 8.35. The number of rotatable bonds is 5. The maximum absolute atomic E-state index is 12.4. The molecule has 25 heavy (non-hydrogen) atoms. The zero-order chi connectivity index (χ0) is 18.6. The summed E-state index contributed by atoms with van der Waals surface area (Å²) in [5.74, 6) is -0.401.